The van der Waals surface area contributed by atoms with Crippen molar-refractivity contribution in [1.82, 2.24) is 14.8 Å². The van der Waals surface area contributed by atoms with Gasteiger partial charge in [0.15, 0.2) is 0 Å². The lowest BCUT2D eigenvalue weighted by Crippen LogP contribution is -2.27. The molecule has 1 aromatic heterocycles. The lowest BCUT2D eigenvalue weighted by atomic mass is 10.0. The van der Waals surface area contributed by atoms with Gasteiger partial charge in [-0.3, -0.25) is 4.90 Å². The van der Waals surface area contributed by atoms with E-state index >= 15 is 0 Å². The number of rotatable bonds is 5. The average Bonchev–Trinajstić information content (AvgIpc) is 3.01. The lowest BCUT2D eigenvalue weighted by molar-refractivity contribution is 0.210. The molecule has 2 aromatic rings. The summed E-state index contributed by atoms with van der Waals surface area (Å²) >= 11 is 1.74. The maximum absolute atomic E-state index is 6.08. The Morgan fingerprint density at radius 1 is 1.41 bits per heavy atom. The van der Waals surface area contributed by atoms with Crippen LogP contribution in [0, 0.1) is 6.92 Å². The second-order valence-corrected chi connectivity index (χ2v) is 7.25. The quantitative estimate of drug-likeness (QED) is 0.921. The second kappa shape index (κ2) is 6.46. The van der Waals surface area contributed by atoms with Crippen LogP contribution in [0.4, 0.5) is 0 Å². The van der Waals surface area contributed by atoms with Crippen LogP contribution < -0.4 is 5.73 Å². The summed E-state index contributed by atoms with van der Waals surface area (Å²) in [6.07, 6.45) is 0. The van der Waals surface area contributed by atoms with Crippen LogP contribution in [0.2, 0.25) is 0 Å². The summed E-state index contributed by atoms with van der Waals surface area (Å²) in [7, 11) is 4.20. The van der Waals surface area contributed by atoms with Crippen molar-refractivity contribution in [2.45, 2.75) is 32.6 Å². The topological polar surface area (TPSA) is 45.4 Å². The molecule has 4 nitrogen and oxygen atoms in total. The Morgan fingerprint density at radius 2 is 2.23 bits per heavy atom. The highest BCUT2D eigenvalue weighted by Gasteiger charge is 2.29. The minimum Gasteiger partial charge on any atom is -0.329 e. The van der Waals surface area contributed by atoms with Crippen molar-refractivity contribution in [1.29, 1.82) is 0 Å². The van der Waals surface area contributed by atoms with E-state index < -0.39 is 0 Å². The summed E-state index contributed by atoms with van der Waals surface area (Å²) in [6, 6.07) is 7.15. The van der Waals surface area contributed by atoms with Gasteiger partial charge in [0.1, 0.15) is 5.01 Å². The maximum Gasteiger partial charge on any atom is 0.107 e. The summed E-state index contributed by atoms with van der Waals surface area (Å²) in [5.74, 6) is 0. The van der Waals surface area contributed by atoms with E-state index in [0.717, 1.165) is 25.3 Å². The van der Waals surface area contributed by atoms with Crippen LogP contribution in [0.15, 0.2) is 23.6 Å². The number of benzene rings is 1. The number of nitrogens with two attached hydrogens (primary N) is 1. The monoisotopic (exact) mass is 316 g/mol. The Hall–Kier alpha value is -1.27. The van der Waals surface area contributed by atoms with Gasteiger partial charge < -0.3 is 10.6 Å². The Balaban J connectivity index is 1.81. The van der Waals surface area contributed by atoms with Crippen LogP contribution in [0.5, 0.6) is 0 Å². The fourth-order valence-corrected chi connectivity index (χ4v) is 3.98. The summed E-state index contributed by atoms with van der Waals surface area (Å²) in [5, 5.41) is 3.29. The van der Waals surface area contributed by atoms with E-state index in [1.54, 1.807) is 11.3 Å². The number of aryl methyl sites for hydroxylation is 1. The molecule has 1 aliphatic rings. The molecule has 1 unspecified atom stereocenters. The molecule has 22 heavy (non-hydrogen) atoms. The number of hydrogen-bond acceptors (Lipinski definition) is 5. The molecule has 3 rings (SSSR count). The largest absolute Gasteiger partial charge is 0.329 e. The van der Waals surface area contributed by atoms with Crippen molar-refractivity contribution >= 4 is 11.3 Å². The Labute approximate surface area is 136 Å². The van der Waals surface area contributed by atoms with Gasteiger partial charge in [-0.25, -0.2) is 4.98 Å². The third-order valence-electron chi connectivity index (χ3n) is 4.11. The number of aromatic nitrogens is 1. The van der Waals surface area contributed by atoms with E-state index in [9.17, 15) is 0 Å². The summed E-state index contributed by atoms with van der Waals surface area (Å²) < 4.78 is 0. The molecular formula is C17H24N4S. The molecule has 0 saturated carbocycles. The van der Waals surface area contributed by atoms with Gasteiger partial charge in [0.05, 0.1) is 6.54 Å². The summed E-state index contributed by atoms with van der Waals surface area (Å²) in [6.45, 7) is 5.53. The number of hydrogen-bond donors (Lipinski definition) is 1. The molecule has 0 saturated heterocycles. The van der Waals surface area contributed by atoms with Gasteiger partial charge in [-0.15, -0.1) is 11.3 Å². The predicted octanol–water partition coefficient (Wildman–Crippen LogP) is 2.53. The van der Waals surface area contributed by atoms with E-state index in [1.807, 2.05) is 6.92 Å². The molecule has 0 bridgehead atoms. The molecule has 0 fully saturated rings. The van der Waals surface area contributed by atoms with E-state index in [4.69, 9.17) is 5.73 Å². The van der Waals surface area contributed by atoms with Crippen LogP contribution in [-0.4, -0.2) is 35.4 Å². The molecule has 1 aromatic carbocycles. The predicted molar refractivity (Wildman–Crippen MR) is 91.7 cm³/mol. The van der Waals surface area contributed by atoms with E-state index in [0.29, 0.717) is 12.6 Å². The van der Waals surface area contributed by atoms with Gasteiger partial charge in [0.25, 0.3) is 0 Å². The third kappa shape index (κ3) is 3.22. The molecule has 0 spiro atoms. The molecule has 2 N–H and O–H groups in total. The highest BCUT2D eigenvalue weighted by atomic mass is 32.1. The van der Waals surface area contributed by atoms with Crippen LogP contribution in [0.25, 0.3) is 0 Å². The van der Waals surface area contributed by atoms with Crippen molar-refractivity contribution in [3.05, 3.63) is 51.0 Å². The summed E-state index contributed by atoms with van der Waals surface area (Å²) in [5.41, 5.74) is 11.3. The normalized spacial score (nSPS) is 18.1. The van der Waals surface area contributed by atoms with Crippen molar-refractivity contribution < 1.29 is 0 Å². The van der Waals surface area contributed by atoms with Crippen molar-refractivity contribution in [3.8, 4) is 0 Å². The van der Waals surface area contributed by atoms with Crippen molar-refractivity contribution in [3.63, 3.8) is 0 Å². The molecule has 2 heterocycles. The van der Waals surface area contributed by atoms with Gasteiger partial charge in [0, 0.05) is 36.8 Å². The first kappa shape index (κ1) is 15.6. The zero-order chi connectivity index (χ0) is 15.7. The summed E-state index contributed by atoms with van der Waals surface area (Å²) in [4.78, 5) is 9.24. The van der Waals surface area contributed by atoms with E-state index in [1.165, 1.54) is 21.7 Å². The van der Waals surface area contributed by atoms with Crippen LogP contribution in [0.3, 0.4) is 0 Å². The van der Waals surface area contributed by atoms with Crippen LogP contribution in [0.1, 0.15) is 33.4 Å². The maximum atomic E-state index is 6.08. The lowest BCUT2D eigenvalue weighted by Gasteiger charge is -2.22. The molecule has 1 atom stereocenters. The Kier molecular flexibility index (Phi) is 4.59. The van der Waals surface area contributed by atoms with Crippen molar-refractivity contribution in [2.75, 3.05) is 20.6 Å². The first-order chi connectivity index (χ1) is 10.6. The SMILES string of the molecule is Cc1csc(CN2Cc3ccc(CN(C)C)cc3C2CN)n1. The van der Waals surface area contributed by atoms with Gasteiger partial charge in [-0.05, 0) is 37.7 Å². The molecule has 5 heteroatoms. The number of fused-ring (bicyclic) bond motifs is 1. The van der Waals surface area contributed by atoms with Gasteiger partial charge in [-0.2, -0.15) is 0 Å². The number of nitrogens with zero attached hydrogens (tertiary/aromatic N) is 3. The third-order valence-corrected chi connectivity index (χ3v) is 5.06. The molecule has 0 aliphatic carbocycles. The second-order valence-electron chi connectivity index (χ2n) is 6.31. The van der Waals surface area contributed by atoms with E-state index in [-0.39, 0.29) is 0 Å². The Bertz CT molecular complexity index is 650. The number of thiazole rings is 1. The van der Waals surface area contributed by atoms with Crippen LogP contribution >= 0.6 is 11.3 Å². The van der Waals surface area contributed by atoms with Crippen molar-refractivity contribution in [2.24, 2.45) is 5.73 Å². The molecule has 118 valence electrons. The average molecular weight is 316 g/mol. The Morgan fingerprint density at radius 3 is 2.86 bits per heavy atom. The minimum absolute atomic E-state index is 0.307. The molecule has 0 radical (unpaired) electrons. The first-order valence-electron chi connectivity index (χ1n) is 7.68. The zero-order valence-electron chi connectivity index (χ0n) is 13.5. The molecule has 1 aliphatic heterocycles. The highest BCUT2D eigenvalue weighted by molar-refractivity contribution is 7.09. The molecular weight excluding hydrogens is 292 g/mol. The highest BCUT2D eigenvalue weighted by Crippen LogP contribution is 2.35. The van der Waals surface area contributed by atoms with Gasteiger partial charge in [0.2, 0.25) is 0 Å². The minimum atomic E-state index is 0.307. The van der Waals surface area contributed by atoms with Gasteiger partial charge in [-0.1, -0.05) is 18.2 Å². The van der Waals surface area contributed by atoms with Crippen LogP contribution in [-0.2, 0) is 19.6 Å². The zero-order valence-corrected chi connectivity index (χ0v) is 14.4. The fraction of sp³-hybridized carbons (Fsp3) is 0.471. The smallest absolute Gasteiger partial charge is 0.107 e. The fourth-order valence-electron chi connectivity index (χ4n) is 3.18. The van der Waals surface area contributed by atoms with E-state index in [2.05, 4.69) is 52.5 Å². The molecule has 0 amide bonds. The van der Waals surface area contributed by atoms with Gasteiger partial charge >= 0.3 is 0 Å². The first-order valence-corrected chi connectivity index (χ1v) is 8.56. The standard InChI is InChI=1S/C17H24N4S/c1-12-11-22-17(19-12)10-21-9-14-5-4-13(8-20(2)3)6-15(14)16(21)7-18/h4-6,11,16H,7-10,18H2,1-3H3.